The molecule has 0 bridgehead atoms. The molecule has 0 amide bonds. The molecule has 0 atom stereocenters. The van der Waals surface area contributed by atoms with Gasteiger partial charge in [0.25, 0.3) is 0 Å². The number of thiocarbonyl (C=S) groups is 1. The van der Waals surface area contributed by atoms with Gasteiger partial charge in [-0.1, -0.05) is 12.1 Å². The number of rotatable bonds is 3. The molecule has 0 aromatic heterocycles. The van der Waals surface area contributed by atoms with E-state index in [4.69, 9.17) is 12.2 Å². The predicted molar refractivity (Wildman–Crippen MR) is 95.1 cm³/mol. The fourth-order valence-corrected chi connectivity index (χ4v) is 2.49. The highest BCUT2D eigenvalue weighted by Crippen LogP contribution is 2.30. The molecule has 0 radical (unpaired) electrons. The molecule has 7 heteroatoms. The van der Waals surface area contributed by atoms with Crippen molar-refractivity contribution in [3.63, 3.8) is 0 Å². The Morgan fingerprint density at radius 3 is 2.24 bits per heavy atom. The number of hydrogen-bond donors (Lipinski definition) is 2. The SMILES string of the molecule is Cc1cc(C)c(NC(=S)NCc2ccc(C(F)(F)F)cc2F)cc1C. The monoisotopic (exact) mass is 370 g/mol. The number of hydrogen-bond acceptors (Lipinski definition) is 1. The first kappa shape index (κ1) is 19.2. The van der Waals surface area contributed by atoms with E-state index in [1.807, 2.05) is 32.9 Å². The molecule has 0 saturated carbocycles. The molecular formula is C18H18F4N2S. The Balaban J connectivity index is 2.02. The van der Waals surface area contributed by atoms with Crippen LogP contribution in [0.1, 0.15) is 27.8 Å². The number of anilines is 1. The Labute approximate surface area is 149 Å². The van der Waals surface area contributed by atoms with Crippen molar-refractivity contribution in [3.8, 4) is 0 Å². The minimum atomic E-state index is -4.56. The van der Waals surface area contributed by atoms with Gasteiger partial charge < -0.3 is 10.6 Å². The van der Waals surface area contributed by atoms with Crippen molar-refractivity contribution in [2.75, 3.05) is 5.32 Å². The summed E-state index contributed by atoms with van der Waals surface area (Å²) in [5.41, 5.74) is 3.19. The molecule has 2 N–H and O–H groups in total. The number of alkyl halides is 3. The van der Waals surface area contributed by atoms with Crippen LogP contribution in [-0.2, 0) is 12.7 Å². The van der Waals surface area contributed by atoms with Crippen LogP contribution in [0.5, 0.6) is 0 Å². The van der Waals surface area contributed by atoms with Crippen molar-refractivity contribution in [2.24, 2.45) is 0 Å². The van der Waals surface area contributed by atoms with Crippen LogP contribution in [0.3, 0.4) is 0 Å². The normalized spacial score (nSPS) is 11.3. The van der Waals surface area contributed by atoms with Gasteiger partial charge in [0.05, 0.1) is 5.56 Å². The van der Waals surface area contributed by atoms with Gasteiger partial charge in [0.2, 0.25) is 0 Å². The van der Waals surface area contributed by atoms with E-state index in [0.29, 0.717) is 6.07 Å². The molecule has 0 spiro atoms. The van der Waals surface area contributed by atoms with Crippen LogP contribution in [0.15, 0.2) is 30.3 Å². The molecule has 0 aliphatic heterocycles. The average Bonchev–Trinajstić information content (AvgIpc) is 2.50. The van der Waals surface area contributed by atoms with E-state index in [9.17, 15) is 17.6 Å². The second-order valence-electron chi connectivity index (χ2n) is 5.86. The Hall–Kier alpha value is -2.15. The number of nitrogens with one attached hydrogen (secondary N) is 2. The van der Waals surface area contributed by atoms with E-state index < -0.39 is 17.6 Å². The van der Waals surface area contributed by atoms with Gasteiger partial charge >= 0.3 is 6.18 Å². The second kappa shape index (κ2) is 7.39. The molecule has 0 saturated heterocycles. The summed E-state index contributed by atoms with van der Waals surface area (Å²) in [5, 5.41) is 6.10. The van der Waals surface area contributed by atoms with Crippen LogP contribution in [0, 0.1) is 26.6 Å². The van der Waals surface area contributed by atoms with E-state index in [2.05, 4.69) is 10.6 Å². The van der Waals surface area contributed by atoms with Crippen molar-refractivity contribution in [1.82, 2.24) is 5.32 Å². The average molecular weight is 370 g/mol. The number of aryl methyl sites for hydroxylation is 3. The van der Waals surface area contributed by atoms with Gasteiger partial charge in [-0.05, 0) is 67.9 Å². The molecule has 0 aliphatic carbocycles. The van der Waals surface area contributed by atoms with Gasteiger partial charge in [-0.15, -0.1) is 0 Å². The van der Waals surface area contributed by atoms with Crippen LogP contribution >= 0.6 is 12.2 Å². The van der Waals surface area contributed by atoms with Gasteiger partial charge in [0.1, 0.15) is 5.82 Å². The quantitative estimate of drug-likeness (QED) is 0.570. The standard InChI is InChI=1S/C18H18F4N2S/c1-10-6-12(3)16(7-11(10)2)24-17(25)23-9-13-4-5-14(8-15(13)19)18(20,21)22/h4-8H,9H2,1-3H3,(H2,23,24,25). The van der Waals surface area contributed by atoms with Crippen molar-refractivity contribution in [3.05, 3.63) is 64.0 Å². The molecule has 0 fully saturated rings. The first-order valence-electron chi connectivity index (χ1n) is 7.56. The maximum absolute atomic E-state index is 13.8. The summed E-state index contributed by atoms with van der Waals surface area (Å²) in [7, 11) is 0. The summed E-state index contributed by atoms with van der Waals surface area (Å²) < 4.78 is 51.4. The van der Waals surface area contributed by atoms with Crippen molar-refractivity contribution >= 4 is 23.0 Å². The molecule has 2 aromatic rings. The van der Waals surface area contributed by atoms with E-state index in [0.717, 1.165) is 34.5 Å². The third-order valence-electron chi connectivity index (χ3n) is 3.91. The van der Waals surface area contributed by atoms with Crippen LogP contribution in [0.25, 0.3) is 0 Å². The minimum absolute atomic E-state index is 0.0142. The van der Waals surface area contributed by atoms with Crippen LogP contribution in [-0.4, -0.2) is 5.11 Å². The highest BCUT2D eigenvalue weighted by atomic mass is 32.1. The van der Waals surface area contributed by atoms with Crippen molar-refractivity contribution in [1.29, 1.82) is 0 Å². The molecule has 0 heterocycles. The fraction of sp³-hybridized carbons (Fsp3) is 0.278. The van der Waals surface area contributed by atoms with Gasteiger partial charge in [-0.3, -0.25) is 0 Å². The maximum Gasteiger partial charge on any atom is 0.416 e. The Bertz CT molecular complexity index is 800. The minimum Gasteiger partial charge on any atom is -0.358 e. The van der Waals surface area contributed by atoms with Crippen LogP contribution in [0.2, 0.25) is 0 Å². The lowest BCUT2D eigenvalue weighted by Crippen LogP contribution is -2.28. The summed E-state index contributed by atoms with van der Waals surface area (Å²) in [4.78, 5) is 0. The predicted octanol–water partition coefficient (Wildman–Crippen LogP) is 5.26. The lowest BCUT2D eigenvalue weighted by atomic mass is 10.1. The molecule has 25 heavy (non-hydrogen) atoms. The number of halogens is 4. The molecule has 2 aromatic carbocycles. The van der Waals surface area contributed by atoms with E-state index in [1.165, 1.54) is 0 Å². The zero-order valence-corrected chi connectivity index (χ0v) is 14.8. The van der Waals surface area contributed by atoms with Gasteiger partial charge in [-0.25, -0.2) is 4.39 Å². The van der Waals surface area contributed by atoms with E-state index >= 15 is 0 Å². The molecule has 0 unspecified atom stereocenters. The largest absolute Gasteiger partial charge is 0.416 e. The van der Waals surface area contributed by atoms with Crippen LogP contribution < -0.4 is 10.6 Å². The Kier molecular flexibility index (Phi) is 5.67. The van der Waals surface area contributed by atoms with Gasteiger partial charge in [0.15, 0.2) is 5.11 Å². The lowest BCUT2D eigenvalue weighted by molar-refractivity contribution is -0.137. The first-order chi connectivity index (χ1) is 11.6. The fourth-order valence-electron chi connectivity index (χ4n) is 2.30. The van der Waals surface area contributed by atoms with Crippen molar-refractivity contribution in [2.45, 2.75) is 33.5 Å². The lowest BCUT2D eigenvalue weighted by Gasteiger charge is -2.15. The van der Waals surface area contributed by atoms with E-state index in [-0.39, 0.29) is 17.2 Å². The van der Waals surface area contributed by atoms with Gasteiger partial charge in [-0.2, -0.15) is 13.2 Å². The smallest absolute Gasteiger partial charge is 0.358 e. The van der Waals surface area contributed by atoms with Crippen molar-refractivity contribution < 1.29 is 17.6 Å². The molecule has 2 rings (SSSR count). The Morgan fingerprint density at radius 1 is 1.00 bits per heavy atom. The molecule has 2 nitrogen and oxygen atoms in total. The molecular weight excluding hydrogens is 352 g/mol. The summed E-state index contributed by atoms with van der Waals surface area (Å²) >= 11 is 5.17. The summed E-state index contributed by atoms with van der Waals surface area (Å²) in [6.07, 6.45) is -4.56. The highest BCUT2D eigenvalue weighted by molar-refractivity contribution is 7.80. The summed E-state index contributed by atoms with van der Waals surface area (Å²) in [5.74, 6) is -0.924. The second-order valence-corrected chi connectivity index (χ2v) is 6.27. The molecule has 0 aliphatic rings. The zero-order chi connectivity index (χ0) is 18.8. The van der Waals surface area contributed by atoms with Crippen LogP contribution in [0.4, 0.5) is 23.2 Å². The highest BCUT2D eigenvalue weighted by Gasteiger charge is 2.31. The summed E-state index contributed by atoms with van der Waals surface area (Å²) in [6.45, 7) is 5.91. The topological polar surface area (TPSA) is 24.1 Å². The zero-order valence-electron chi connectivity index (χ0n) is 14.0. The third kappa shape index (κ3) is 4.92. The van der Waals surface area contributed by atoms with Gasteiger partial charge in [0, 0.05) is 17.8 Å². The third-order valence-corrected chi connectivity index (χ3v) is 4.16. The Morgan fingerprint density at radius 2 is 1.64 bits per heavy atom. The molecule has 134 valence electrons. The number of benzene rings is 2. The summed E-state index contributed by atoms with van der Waals surface area (Å²) in [6, 6.07) is 6.42. The maximum atomic E-state index is 13.8. The van der Waals surface area contributed by atoms with E-state index in [1.54, 1.807) is 0 Å². The first-order valence-corrected chi connectivity index (χ1v) is 7.97.